The number of imidazole rings is 1. The number of nitrogens with two attached hydrogens (primary N) is 1. The van der Waals surface area contributed by atoms with Gasteiger partial charge in [0.15, 0.2) is 33.6 Å². The number of fused-ring (bicyclic) bond motifs is 2. The first-order chi connectivity index (χ1) is 17.2. The Morgan fingerprint density at radius 2 is 1.86 bits per heavy atom. The van der Waals surface area contributed by atoms with Crippen LogP contribution in [-0.4, -0.2) is 57.1 Å². The second-order valence-electron chi connectivity index (χ2n) is 9.61. The summed E-state index contributed by atoms with van der Waals surface area (Å²) in [6.07, 6.45) is 9.18. The van der Waals surface area contributed by atoms with E-state index in [0.717, 1.165) is 72.5 Å². The van der Waals surface area contributed by atoms with Gasteiger partial charge in [0.1, 0.15) is 19.5 Å². The molecule has 0 bridgehead atoms. The second kappa shape index (κ2) is 9.56. The van der Waals surface area contributed by atoms with Gasteiger partial charge < -0.3 is 24.7 Å². The number of likely N-dealkylation sites (tertiary alicyclic amines) is 1. The third kappa shape index (κ3) is 4.39. The van der Waals surface area contributed by atoms with Gasteiger partial charge in [0, 0.05) is 24.5 Å². The summed E-state index contributed by atoms with van der Waals surface area (Å²) in [5.74, 6) is 3.15. The largest absolute Gasteiger partial charge is 0.486 e. The Hall–Kier alpha value is -3.01. The smallest absolute Gasteiger partial charge is 0.209 e. The molecule has 2 aliphatic heterocycles. The van der Waals surface area contributed by atoms with Crippen LogP contribution in [0.2, 0.25) is 0 Å². The lowest BCUT2D eigenvalue weighted by molar-refractivity contribution is -0.119. The normalized spacial score (nSPS) is 18.6. The molecule has 0 spiro atoms. The van der Waals surface area contributed by atoms with Crippen molar-refractivity contribution < 1.29 is 14.3 Å². The fourth-order valence-corrected chi connectivity index (χ4v) is 6.31. The molecule has 9 nitrogen and oxygen atoms in total. The Kier molecular flexibility index (Phi) is 6.13. The fraction of sp³-hybridized carbons (Fsp3) is 0.520. The highest BCUT2D eigenvalue weighted by molar-refractivity contribution is 7.99. The summed E-state index contributed by atoms with van der Waals surface area (Å²) >= 11 is 1.65. The molecule has 4 heterocycles. The molecule has 0 unspecified atom stereocenters. The number of hydrogen-bond acceptors (Lipinski definition) is 8. The van der Waals surface area contributed by atoms with Crippen LogP contribution >= 0.6 is 11.8 Å². The number of carbonyl (C=O) groups excluding carboxylic acids is 1. The van der Waals surface area contributed by atoms with Crippen LogP contribution in [-0.2, 0) is 11.3 Å². The number of nitrogen functional groups attached to an aromatic ring is 1. The number of benzene rings is 1. The van der Waals surface area contributed by atoms with E-state index in [1.54, 1.807) is 11.8 Å². The molecule has 1 aromatic carbocycles. The lowest BCUT2D eigenvalue weighted by Gasteiger charge is -2.30. The maximum atomic E-state index is 11.1. The number of ether oxygens (including phenoxy) is 2. The van der Waals surface area contributed by atoms with Crippen LogP contribution in [0.1, 0.15) is 50.0 Å². The molecule has 6 rings (SSSR count). The van der Waals surface area contributed by atoms with Gasteiger partial charge in [0.25, 0.3) is 0 Å². The number of carbonyl (C=O) groups is 1. The van der Waals surface area contributed by atoms with E-state index in [9.17, 15) is 4.79 Å². The van der Waals surface area contributed by atoms with E-state index in [4.69, 9.17) is 20.2 Å². The number of piperidine rings is 1. The molecule has 1 amide bonds. The molecule has 184 valence electrons. The van der Waals surface area contributed by atoms with Crippen LogP contribution in [0, 0.1) is 5.92 Å². The molecule has 0 atom stereocenters. The van der Waals surface area contributed by atoms with E-state index in [0.29, 0.717) is 36.4 Å². The van der Waals surface area contributed by atoms with Crippen LogP contribution in [0.4, 0.5) is 5.82 Å². The molecule has 2 N–H and O–H groups in total. The van der Waals surface area contributed by atoms with Crippen molar-refractivity contribution in [3.05, 3.63) is 24.0 Å². The van der Waals surface area contributed by atoms with Gasteiger partial charge in [0.05, 0.1) is 0 Å². The van der Waals surface area contributed by atoms with Crippen LogP contribution in [0.5, 0.6) is 11.5 Å². The third-order valence-electron chi connectivity index (χ3n) is 7.51. The number of aromatic nitrogens is 4. The van der Waals surface area contributed by atoms with Gasteiger partial charge in [-0.2, -0.15) is 0 Å². The maximum Gasteiger partial charge on any atom is 0.209 e. The zero-order chi connectivity index (χ0) is 23.8. The molecule has 2 aromatic heterocycles. The predicted molar refractivity (Wildman–Crippen MR) is 133 cm³/mol. The number of amides is 1. The SMILES string of the molecule is Nc1ncnc2c1nc(Sc1cc3c(cc1C1CCC1)OCCO3)n2CCC1CCN(C=O)CC1. The minimum atomic E-state index is 0.399. The molecular weight excluding hydrogens is 464 g/mol. The third-order valence-corrected chi connectivity index (χ3v) is 8.57. The maximum absolute atomic E-state index is 11.1. The molecule has 1 aliphatic carbocycles. The Morgan fingerprint density at radius 3 is 2.57 bits per heavy atom. The monoisotopic (exact) mass is 494 g/mol. The summed E-state index contributed by atoms with van der Waals surface area (Å²) in [7, 11) is 0. The summed E-state index contributed by atoms with van der Waals surface area (Å²) in [4.78, 5) is 27.7. The number of anilines is 1. The van der Waals surface area contributed by atoms with Gasteiger partial charge in [-0.3, -0.25) is 4.79 Å². The summed E-state index contributed by atoms with van der Waals surface area (Å²) in [5.41, 5.74) is 8.92. The summed E-state index contributed by atoms with van der Waals surface area (Å²) in [5, 5.41) is 0.870. The van der Waals surface area contributed by atoms with Crippen molar-refractivity contribution in [2.75, 3.05) is 32.0 Å². The Balaban J connectivity index is 1.32. The molecule has 0 radical (unpaired) electrons. The zero-order valence-corrected chi connectivity index (χ0v) is 20.5. The quantitative estimate of drug-likeness (QED) is 0.493. The van der Waals surface area contributed by atoms with Crippen LogP contribution in [0.25, 0.3) is 11.2 Å². The van der Waals surface area contributed by atoms with Crippen molar-refractivity contribution >= 4 is 35.2 Å². The van der Waals surface area contributed by atoms with Crippen molar-refractivity contribution in [2.45, 2.75) is 61.0 Å². The Morgan fingerprint density at radius 1 is 1.09 bits per heavy atom. The molecular formula is C25H30N6O3S. The lowest BCUT2D eigenvalue weighted by atomic mass is 9.80. The number of aryl methyl sites for hydroxylation is 1. The Bertz CT molecular complexity index is 1240. The molecule has 35 heavy (non-hydrogen) atoms. The van der Waals surface area contributed by atoms with Crippen molar-refractivity contribution in [3.8, 4) is 11.5 Å². The zero-order valence-electron chi connectivity index (χ0n) is 19.7. The van der Waals surface area contributed by atoms with E-state index in [1.165, 1.54) is 31.2 Å². The highest BCUT2D eigenvalue weighted by atomic mass is 32.2. The highest BCUT2D eigenvalue weighted by Crippen LogP contribution is 2.47. The molecule has 1 saturated heterocycles. The van der Waals surface area contributed by atoms with Gasteiger partial charge in [-0.15, -0.1) is 0 Å². The predicted octanol–water partition coefficient (Wildman–Crippen LogP) is 3.86. The van der Waals surface area contributed by atoms with E-state index in [-0.39, 0.29) is 0 Å². The average Bonchev–Trinajstić information content (AvgIpc) is 3.20. The van der Waals surface area contributed by atoms with Gasteiger partial charge in [-0.25, -0.2) is 15.0 Å². The molecule has 1 saturated carbocycles. The minimum Gasteiger partial charge on any atom is -0.486 e. The first kappa shape index (κ1) is 22.5. The van der Waals surface area contributed by atoms with Crippen molar-refractivity contribution in [1.29, 1.82) is 0 Å². The van der Waals surface area contributed by atoms with Gasteiger partial charge in [-0.1, -0.05) is 18.2 Å². The number of rotatable bonds is 7. The summed E-state index contributed by atoms with van der Waals surface area (Å²) in [6.45, 7) is 3.61. The fourth-order valence-electron chi connectivity index (χ4n) is 5.18. The van der Waals surface area contributed by atoms with Gasteiger partial charge in [-0.05, 0) is 61.6 Å². The minimum absolute atomic E-state index is 0.399. The van der Waals surface area contributed by atoms with Crippen molar-refractivity contribution in [2.24, 2.45) is 5.92 Å². The van der Waals surface area contributed by atoms with E-state index >= 15 is 0 Å². The van der Waals surface area contributed by atoms with E-state index in [2.05, 4.69) is 26.7 Å². The van der Waals surface area contributed by atoms with E-state index < -0.39 is 0 Å². The molecule has 3 aromatic rings. The van der Waals surface area contributed by atoms with Crippen LogP contribution < -0.4 is 15.2 Å². The Labute approximate surface area is 208 Å². The lowest BCUT2D eigenvalue weighted by Crippen LogP contribution is -2.32. The molecule has 2 fully saturated rings. The second-order valence-corrected chi connectivity index (χ2v) is 10.6. The number of hydrogen-bond donors (Lipinski definition) is 1. The van der Waals surface area contributed by atoms with Crippen LogP contribution in [0.3, 0.4) is 0 Å². The summed E-state index contributed by atoms with van der Waals surface area (Å²) in [6, 6.07) is 4.28. The van der Waals surface area contributed by atoms with Crippen LogP contribution in [0.15, 0.2) is 28.5 Å². The summed E-state index contributed by atoms with van der Waals surface area (Å²) < 4.78 is 14.0. The highest BCUT2D eigenvalue weighted by Gasteiger charge is 2.28. The molecule has 3 aliphatic rings. The topological polar surface area (TPSA) is 108 Å². The first-order valence-electron chi connectivity index (χ1n) is 12.5. The van der Waals surface area contributed by atoms with Crippen molar-refractivity contribution in [1.82, 2.24) is 24.4 Å². The first-order valence-corrected chi connectivity index (χ1v) is 13.3. The van der Waals surface area contributed by atoms with Gasteiger partial charge in [0.2, 0.25) is 6.41 Å². The van der Waals surface area contributed by atoms with Crippen molar-refractivity contribution in [3.63, 3.8) is 0 Å². The van der Waals surface area contributed by atoms with Gasteiger partial charge >= 0.3 is 0 Å². The molecule has 10 heteroatoms. The standard InChI is InChI=1S/C25H30N6O3S/c26-23-22-24(28-14-27-23)31(9-6-16-4-7-30(15-32)8-5-16)25(29-22)35-21-13-20-19(33-10-11-34-20)12-18(21)17-2-1-3-17/h12-17H,1-11H2,(H2,26,27,28). The van der Waals surface area contributed by atoms with E-state index in [1.807, 2.05) is 4.90 Å². The number of nitrogens with zero attached hydrogens (tertiary/aromatic N) is 5. The average molecular weight is 495 g/mol.